The summed E-state index contributed by atoms with van der Waals surface area (Å²) in [5, 5.41) is 0. The molecule has 5 heteroatoms. The Bertz CT molecular complexity index is 992. The Morgan fingerprint density at radius 3 is 2.03 bits per heavy atom. The third-order valence-electron chi connectivity index (χ3n) is 4.48. The Morgan fingerprint density at radius 2 is 1.35 bits per heavy atom. The maximum atomic E-state index is 12.4. The fourth-order valence-corrected chi connectivity index (χ4v) is 2.83. The predicted octanol–water partition coefficient (Wildman–Crippen LogP) is 5.46. The summed E-state index contributed by atoms with van der Waals surface area (Å²) in [5.41, 5.74) is 2.60. The van der Waals surface area contributed by atoms with E-state index in [0.29, 0.717) is 36.7 Å². The minimum absolute atomic E-state index is 0.339. The van der Waals surface area contributed by atoms with Gasteiger partial charge in [0.2, 0.25) is 0 Å². The summed E-state index contributed by atoms with van der Waals surface area (Å²) in [6, 6.07) is 24.2. The molecule has 3 aromatic rings. The van der Waals surface area contributed by atoms with E-state index in [1.165, 1.54) is 0 Å². The predicted molar refractivity (Wildman–Crippen MR) is 119 cm³/mol. The van der Waals surface area contributed by atoms with Gasteiger partial charge < -0.3 is 14.2 Å². The Kier molecular flexibility index (Phi) is 8.00. The van der Waals surface area contributed by atoms with Crippen LogP contribution in [0.3, 0.4) is 0 Å². The summed E-state index contributed by atoms with van der Waals surface area (Å²) < 4.78 is 16.0. The van der Waals surface area contributed by atoms with Crippen LogP contribution in [0.25, 0.3) is 11.1 Å². The molecule has 31 heavy (non-hydrogen) atoms. The Labute approximate surface area is 181 Å². The van der Waals surface area contributed by atoms with Gasteiger partial charge in [-0.2, -0.15) is 0 Å². The van der Waals surface area contributed by atoms with Crippen LogP contribution in [-0.2, 0) is 9.53 Å². The molecule has 0 radical (unpaired) electrons. The van der Waals surface area contributed by atoms with Gasteiger partial charge in [0.25, 0.3) is 0 Å². The third kappa shape index (κ3) is 6.85. The van der Waals surface area contributed by atoms with E-state index in [9.17, 15) is 9.59 Å². The first-order chi connectivity index (χ1) is 15.2. The van der Waals surface area contributed by atoms with E-state index in [1.54, 1.807) is 36.4 Å². The summed E-state index contributed by atoms with van der Waals surface area (Å²) in [6.07, 6.45) is 2.59. The molecular weight excluding hydrogens is 392 g/mol. The molecule has 0 aliphatic rings. The first kappa shape index (κ1) is 21.8. The van der Waals surface area contributed by atoms with Crippen molar-refractivity contribution in [3.8, 4) is 22.6 Å². The first-order valence-corrected chi connectivity index (χ1v) is 10.1. The number of rotatable bonds is 10. The fraction of sp³-hybridized carbons (Fsp3) is 0.154. The minimum Gasteiger partial charge on any atom is -0.494 e. The van der Waals surface area contributed by atoms with Gasteiger partial charge in [-0.15, -0.1) is 0 Å². The summed E-state index contributed by atoms with van der Waals surface area (Å²) in [6.45, 7) is 4.17. The van der Waals surface area contributed by atoms with Crippen molar-refractivity contribution in [1.29, 1.82) is 0 Å². The van der Waals surface area contributed by atoms with E-state index in [-0.39, 0.29) is 0 Å². The van der Waals surface area contributed by atoms with Crippen molar-refractivity contribution < 1.29 is 23.8 Å². The number of carbonyl (C=O) groups excluding carboxylic acids is 2. The lowest BCUT2D eigenvalue weighted by Crippen LogP contribution is -2.08. The van der Waals surface area contributed by atoms with Crippen LogP contribution < -0.4 is 9.47 Å². The monoisotopic (exact) mass is 416 g/mol. The van der Waals surface area contributed by atoms with Crippen LogP contribution in [0, 0.1) is 0 Å². The minimum atomic E-state index is -0.428. The number of carbonyl (C=O) groups is 2. The molecule has 0 N–H and O–H groups in total. The average molecular weight is 416 g/mol. The highest BCUT2D eigenvalue weighted by atomic mass is 16.5. The number of unbranched alkanes of at least 4 members (excludes halogenated alkanes) is 1. The average Bonchev–Trinajstić information content (AvgIpc) is 2.82. The standard InChI is InChI=1S/C26H24O5/c1-2-25(27)30-19-7-6-18-29-23-14-12-22(13-15-23)26(28)31-24-16-10-21(11-17-24)20-8-4-3-5-9-20/h2-5,8-17H,1,6-7,18-19H2. The second kappa shape index (κ2) is 11.4. The zero-order valence-electron chi connectivity index (χ0n) is 17.2. The van der Waals surface area contributed by atoms with Gasteiger partial charge in [0, 0.05) is 6.08 Å². The van der Waals surface area contributed by atoms with Crippen LogP contribution in [0.5, 0.6) is 11.5 Å². The topological polar surface area (TPSA) is 61.8 Å². The Balaban J connectivity index is 1.44. The van der Waals surface area contributed by atoms with E-state index < -0.39 is 11.9 Å². The molecule has 0 atom stereocenters. The van der Waals surface area contributed by atoms with E-state index >= 15 is 0 Å². The van der Waals surface area contributed by atoms with Gasteiger partial charge in [0.05, 0.1) is 18.8 Å². The van der Waals surface area contributed by atoms with E-state index in [2.05, 4.69) is 6.58 Å². The molecule has 0 amide bonds. The van der Waals surface area contributed by atoms with Crippen LogP contribution in [-0.4, -0.2) is 25.2 Å². The molecule has 5 nitrogen and oxygen atoms in total. The van der Waals surface area contributed by atoms with Crippen molar-refractivity contribution in [1.82, 2.24) is 0 Å². The second-order valence-electron chi connectivity index (χ2n) is 6.73. The number of hydrogen-bond donors (Lipinski definition) is 0. The molecule has 0 bridgehead atoms. The second-order valence-corrected chi connectivity index (χ2v) is 6.73. The summed E-state index contributed by atoms with van der Waals surface area (Å²) in [5.74, 6) is 0.299. The molecule has 3 aromatic carbocycles. The molecule has 0 saturated carbocycles. The summed E-state index contributed by atoms with van der Waals surface area (Å²) >= 11 is 0. The molecule has 158 valence electrons. The molecule has 0 fully saturated rings. The third-order valence-corrected chi connectivity index (χ3v) is 4.48. The molecule has 3 rings (SSSR count). The van der Waals surface area contributed by atoms with Gasteiger partial charge in [-0.25, -0.2) is 9.59 Å². The Hall–Kier alpha value is -3.86. The van der Waals surface area contributed by atoms with E-state index in [1.807, 2.05) is 42.5 Å². The van der Waals surface area contributed by atoms with Crippen molar-refractivity contribution in [2.75, 3.05) is 13.2 Å². The fourth-order valence-electron chi connectivity index (χ4n) is 2.83. The zero-order valence-corrected chi connectivity index (χ0v) is 17.2. The zero-order chi connectivity index (χ0) is 21.9. The number of esters is 2. The quantitative estimate of drug-likeness (QED) is 0.190. The van der Waals surface area contributed by atoms with Gasteiger partial charge in [-0.05, 0) is 60.4 Å². The maximum Gasteiger partial charge on any atom is 0.343 e. The number of hydrogen-bond acceptors (Lipinski definition) is 5. The van der Waals surface area contributed by atoms with Crippen molar-refractivity contribution >= 4 is 11.9 Å². The lowest BCUT2D eigenvalue weighted by molar-refractivity contribution is -0.137. The molecule has 0 saturated heterocycles. The lowest BCUT2D eigenvalue weighted by atomic mass is 10.1. The Morgan fingerprint density at radius 1 is 0.742 bits per heavy atom. The van der Waals surface area contributed by atoms with Crippen molar-refractivity contribution in [2.45, 2.75) is 12.8 Å². The molecule has 0 unspecified atom stereocenters. The maximum absolute atomic E-state index is 12.4. The van der Waals surface area contributed by atoms with Gasteiger partial charge in [-0.3, -0.25) is 0 Å². The largest absolute Gasteiger partial charge is 0.494 e. The highest BCUT2D eigenvalue weighted by Gasteiger charge is 2.09. The molecule has 0 aliphatic heterocycles. The van der Waals surface area contributed by atoms with Gasteiger partial charge >= 0.3 is 11.9 Å². The van der Waals surface area contributed by atoms with Gasteiger partial charge in [0.1, 0.15) is 11.5 Å². The van der Waals surface area contributed by atoms with E-state index in [0.717, 1.165) is 23.6 Å². The van der Waals surface area contributed by atoms with Crippen LogP contribution in [0.2, 0.25) is 0 Å². The van der Waals surface area contributed by atoms with Crippen LogP contribution >= 0.6 is 0 Å². The first-order valence-electron chi connectivity index (χ1n) is 10.1. The van der Waals surface area contributed by atoms with Crippen LogP contribution in [0.4, 0.5) is 0 Å². The lowest BCUT2D eigenvalue weighted by Gasteiger charge is -2.08. The van der Waals surface area contributed by atoms with Crippen molar-refractivity contribution in [3.05, 3.63) is 97.1 Å². The summed E-state index contributed by atoms with van der Waals surface area (Å²) in [4.78, 5) is 23.3. The molecule has 0 spiro atoms. The SMILES string of the molecule is C=CC(=O)OCCCCOc1ccc(C(=O)Oc2ccc(-c3ccccc3)cc2)cc1. The van der Waals surface area contributed by atoms with Crippen molar-refractivity contribution in [3.63, 3.8) is 0 Å². The van der Waals surface area contributed by atoms with Crippen LogP contribution in [0.1, 0.15) is 23.2 Å². The smallest absolute Gasteiger partial charge is 0.343 e. The van der Waals surface area contributed by atoms with Gasteiger partial charge in [-0.1, -0.05) is 49.0 Å². The normalized spacial score (nSPS) is 10.2. The number of benzene rings is 3. The van der Waals surface area contributed by atoms with Crippen LogP contribution in [0.15, 0.2) is 91.5 Å². The van der Waals surface area contributed by atoms with Crippen molar-refractivity contribution in [2.24, 2.45) is 0 Å². The van der Waals surface area contributed by atoms with Gasteiger partial charge in [0.15, 0.2) is 0 Å². The highest BCUT2D eigenvalue weighted by molar-refractivity contribution is 5.91. The molecule has 0 aliphatic carbocycles. The number of ether oxygens (including phenoxy) is 3. The highest BCUT2D eigenvalue weighted by Crippen LogP contribution is 2.23. The molecule has 0 aromatic heterocycles. The van der Waals surface area contributed by atoms with E-state index in [4.69, 9.17) is 14.2 Å². The molecular formula is C26H24O5. The molecule has 0 heterocycles. The summed E-state index contributed by atoms with van der Waals surface area (Å²) in [7, 11) is 0.